The van der Waals surface area contributed by atoms with Gasteiger partial charge in [0.2, 0.25) is 0 Å². The van der Waals surface area contributed by atoms with E-state index in [1.165, 1.54) is 36.4 Å². The first-order valence-electron chi connectivity index (χ1n) is 6.12. The number of nitrogens with two attached hydrogens (primary N) is 1. The molecular weight excluding hydrogens is 292 g/mol. The van der Waals surface area contributed by atoms with Gasteiger partial charge in [0.05, 0.1) is 21.3 Å². The minimum absolute atomic E-state index is 0.0500. The first kappa shape index (κ1) is 15.0. The van der Waals surface area contributed by atoms with E-state index in [-0.39, 0.29) is 22.0 Å². The Hall–Kier alpha value is -2.41. The zero-order valence-electron chi connectivity index (χ0n) is 11.3. The Bertz CT molecular complexity index is 800. The summed E-state index contributed by atoms with van der Waals surface area (Å²) < 4.78 is 24.8. The third-order valence-corrected chi connectivity index (χ3v) is 4.72. The average Bonchev–Trinajstić information content (AvgIpc) is 2.41. The molecule has 0 spiro atoms. The van der Waals surface area contributed by atoms with Crippen LogP contribution in [0.1, 0.15) is 11.1 Å². The molecule has 0 fully saturated rings. The van der Waals surface area contributed by atoms with Crippen LogP contribution in [0.25, 0.3) is 0 Å². The van der Waals surface area contributed by atoms with Gasteiger partial charge in [-0.05, 0) is 30.2 Å². The first-order chi connectivity index (χ1) is 9.79. The fraction of sp³-hybridized carbons (Fsp3) is 0.143. The summed E-state index contributed by atoms with van der Waals surface area (Å²) in [6.07, 6.45) is 0. The molecule has 110 valence electrons. The molecule has 0 aromatic heterocycles. The molecule has 0 heterocycles. The summed E-state index contributed by atoms with van der Waals surface area (Å²) in [6.45, 7) is 1.77. The van der Waals surface area contributed by atoms with Crippen LogP contribution in [0, 0.1) is 17.0 Å². The number of sulfone groups is 1. The number of non-ortho nitro benzene ring substituents is 1. The highest BCUT2D eigenvalue weighted by molar-refractivity contribution is 7.90. The van der Waals surface area contributed by atoms with E-state index >= 15 is 0 Å². The largest absolute Gasteiger partial charge is 0.398 e. The molecule has 0 saturated heterocycles. The maximum atomic E-state index is 12.4. The number of benzene rings is 2. The van der Waals surface area contributed by atoms with Crippen molar-refractivity contribution in [1.82, 2.24) is 0 Å². The second-order valence-electron chi connectivity index (χ2n) is 4.73. The first-order valence-corrected chi connectivity index (χ1v) is 7.77. The summed E-state index contributed by atoms with van der Waals surface area (Å²) in [5.74, 6) is -0.331. The second-order valence-corrected chi connectivity index (χ2v) is 6.69. The highest BCUT2D eigenvalue weighted by Crippen LogP contribution is 2.24. The quantitative estimate of drug-likeness (QED) is 0.531. The standard InChI is InChI=1S/C14H14N2O4S/c1-10-5-6-13(15)14(7-10)21(19,20)9-11-3-2-4-12(8-11)16(17)18/h2-8H,9,15H2,1H3. The van der Waals surface area contributed by atoms with Gasteiger partial charge in [-0.2, -0.15) is 0 Å². The number of rotatable bonds is 4. The Morgan fingerprint density at radius 2 is 1.90 bits per heavy atom. The van der Waals surface area contributed by atoms with Gasteiger partial charge in [-0.3, -0.25) is 10.1 Å². The molecule has 6 nitrogen and oxygen atoms in total. The smallest absolute Gasteiger partial charge is 0.269 e. The SMILES string of the molecule is Cc1ccc(N)c(S(=O)(=O)Cc2cccc([N+](=O)[O-])c2)c1. The topological polar surface area (TPSA) is 103 Å². The van der Waals surface area contributed by atoms with Crippen LogP contribution in [0.15, 0.2) is 47.4 Å². The minimum atomic E-state index is -3.66. The molecule has 0 unspecified atom stereocenters. The molecule has 2 rings (SSSR count). The highest BCUT2D eigenvalue weighted by atomic mass is 32.2. The van der Waals surface area contributed by atoms with E-state index in [0.717, 1.165) is 5.56 Å². The fourth-order valence-electron chi connectivity index (χ4n) is 1.97. The van der Waals surface area contributed by atoms with E-state index < -0.39 is 14.8 Å². The maximum absolute atomic E-state index is 12.4. The molecule has 2 N–H and O–H groups in total. The average molecular weight is 306 g/mol. The summed E-state index contributed by atoms with van der Waals surface area (Å²) in [4.78, 5) is 10.2. The Kier molecular flexibility index (Phi) is 3.95. The maximum Gasteiger partial charge on any atom is 0.269 e. The fourth-order valence-corrected chi connectivity index (χ4v) is 3.53. The molecule has 0 aliphatic carbocycles. The molecule has 0 aliphatic rings. The van der Waals surface area contributed by atoms with Crippen molar-refractivity contribution >= 4 is 21.2 Å². The number of anilines is 1. The van der Waals surface area contributed by atoms with Crippen LogP contribution in [-0.2, 0) is 15.6 Å². The molecule has 0 aliphatic heterocycles. The summed E-state index contributed by atoms with van der Waals surface area (Å²) in [5, 5.41) is 10.7. The molecule has 0 atom stereocenters. The molecular formula is C14H14N2O4S. The van der Waals surface area contributed by atoms with Gasteiger partial charge in [0.15, 0.2) is 9.84 Å². The van der Waals surface area contributed by atoms with Gasteiger partial charge >= 0.3 is 0 Å². The summed E-state index contributed by atoms with van der Waals surface area (Å²) >= 11 is 0. The van der Waals surface area contributed by atoms with Crippen molar-refractivity contribution in [3.63, 3.8) is 0 Å². The van der Waals surface area contributed by atoms with Gasteiger partial charge in [-0.1, -0.05) is 18.2 Å². The van der Waals surface area contributed by atoms with Crippen molar-refractivity contribution in [3.05, 3.63) is 63.7 Å². The molecule has 21 heavy (non-hydrogen) atoms. The van der Waals surface area contributed by atoms with E-state index in [1.54, 1.807) is 13.0 Å². The number of hydrogen-bond donors (Lipinski definition) is 1. The number of nitrogens with zero attached hydrogens (tertiary/aromatic N) is 1. The zero-order valence-corrected chi connectivity index (χ0v) is 12.1. The molecule has 2 aromatic rings. The molecule has 7 heteroatoms. The third kappa shape index (κ3) is 3.38. The Morgan fingerprint density at radius 1 is 1.19 bits per heavy atom. The predicted octanol–water partition coefficient (Wildman–Crippen LogP) is 2.46. The van der Waals surface area contributed by atoms with Crippen molar-refractivity contribution in [1.29, 1.82) is 0 Å². The lowest BCUT2D eigenvalue weighted by atomic mass is 10.2. The number of nitrogen functional groups attached to an aromatic ring is 1. The third-order valence-electron chi connectivity index (χ3n) is 2.98. The van der Waals surface area contributed by atoms with Gasteiger partial charge in [0.25, 0.3) is 5.69 Å². The van der Waals surface area contributed by atoms with Crippen LogP contribution in [0.2, 0.25) is 0 Å². The number of nitro benzene ring substituents is 1. The van der Waals surface area contributed by atoms with E-state index in [4.69, 9.17) is 5.73 Å². The van der Waals surface area contributed by atoms with Crippen molar-refractivity contribution < 1.29 is 13.3 Å². The Morgan fingerprint density at radius 3 is 2.57 bits per heavy atom. The van der Waals surface area contributed by atoms with Crippen LogP contribution in [-0.4, -0.2) is 13.3 Å². The minimum Gasteiger partial charge on any atom is -0.398 e. The molecule has 0 amide bonds. The van der Waals surface area contributed by atoms with Gasteiger partial charge in [-0.25, -0.2) is 8.42 Å². The molecule has 0 saturated carbocycles. The van der Waals surface area contributed by atoms with E-state index in [0.29, 0.717) is 5.56 Å². The highest BCUT2D eigenvalue weighted by Gasteiger charge is 2.19. The van der Waals surface area contributed by atoms with E-state index in [1.807, 2.05) is 0 Å². The van der Waals surface area contributed by atoms with E-state index in [2.05, 4.69) is 0 Å². The number of nitro groups is 1. The molecule has 2 aromatic carbocycles. The lowest BCUT2D eigenvalue weighted by Gasteiger charge is -2.08. The van der Waals surface area contributed by atoms with Crippen LogP contribution >= 0.6 is 0 Å². The second kappa shape index (κ2) is 5.53. The zero-order chi connectivity index (χ0) is 15.6. The summed E-state index contributed by atoms with van der Waals surface area (Å²) in [6, 6.07) is 10.3. The predicted molar refractivity (Wildman–Crippen MR) is 79.6 cm³/mol. The van der Waals surface area contributed by atoms with E-state index in [9.17, 15) is 18.5 Å². The van der Waals surface area contributed by atoms with Crippen LogP contribution < -0.4 is 5.73 Å². The van der Waals surface area contributed by atoms with Crippen molar-refractivity contribution in [2.75, 3.05) is 5.73 Å². The normalized spacial score (nSPS) is 11.3. The lowest BCUT2D eigenvalue weighted by molar-refractivity contribution is -0.384. The Labute approximate surface area is 122 Å². The van der Waals surface area contributed by atoms with Crippen molar-refractivity contribution in [2.45, 2.75) is 17.6 Å². The molecule has 0 bridgehead atoms. The van der Waals surface area contributed by atoms with Crippen LogP contribution in [0.4, 0.5) is 11.4 Å². The lowest BCUT2D eigenvalue weighted by Crippen LogP contribution is -2.08. The van der Waals surface area contributed by atoms with Crippen molar-refractivity contribution in [3.8, 4) is 0 Å². The van der Waals surface area contributed by atoms with Crippen LogP contribution in [0.3, 0.4) is 0 Å². The van der Waals surface area contributed by atoms with Crippen LogP contribution in [0.5, 0.6) is 0 Å². The van der Waals surface area contributed by atoms with Crippen molar-refractivity contribution in [2.24, 2.45) is 0 Å². The molecule has 0 radical (unpaired) electrons. The monoisotopic (exact) mass is 306 g/mol. The Balaban J connectivity index is 2.40. The summed E-state index contributed by atoms with van der Waals surface area (Å²) in [5.41, 5.74) is 6.88. The van der Waals surface area contributed by atoms with Gasteiger partial charge in [0, 0.05) is 12.1 Å². The van der Waals surface area contributed by atoms with Gasteiger partial charge in [0.1, 0.15) is 0 Å². The van der Waals surface area contributed by atoms with Gasteiger partial charge < -0.3 is 5.73 Å². The number of aryl methyl sites for hydroxylation is 1. The summed E-state index contributed by atoms with van der Waals surface area (Å²) in [7, 11) is -3.66. The number of hydrogen-bond acceptors (Lipinski definition) is 5. The van der Waals surface area contributed by atoms with Gasteiger partial charge in [-0.15, -0.1) is 0 Å².